The number of hydrogen-bond acceptors (Lipinski definition) is 4. The zero-order chi connectivity index (χ0) is 17.1. The van der Waals surface area contributed by atoms with Crippen LogP contribution in [0, 0.1) is 13.8 Å². The maximum atomic E-state index is 12.6. The minimum Gasteiger partial charge on any atom is -0.495 e. The lowest BCUT2D eigenvalue weighted by atomic mass is 10.1. The van der Waals surface area contributed by atoms with Gasteiger partial charge in [-0.1, -0.05) is 18.2 Å². The van der Waals surface area contributed by atoms with E-state index in [2.05, 4.69) is 10.3 Å². The van der Waals surface area contributed by atoms with Gasteiger partial charge in [-0.15, -0.1) is 11.3 Å². The molecule has 3 aromatic rings. The molecule has 0 fully saturated rings. The fraction of sp³-hybridized carbons (Fsp3) is 0.158. The molecule has 1 N–H and O–H groups in total. The van der Waals surface area contributed by atoms with Crippen molar-refractivity contribution in [2.24, 2.45) is 0 Å². The van der Waals surface area contributed by atoms with Gasteiger partial charge in [-0.25, -0.2) is 4.98 Å². The van der Waals surface area contributed by atoms with Crippen molar-refractivity contribution in [1.29, 1.82) is 0 Å². The average Bonchev–Trinajstić information content (AvgIpc) is 3.02. The highest BCUT2D eigenvalue weighted by molar-refractivity contribution is 7.13. The van der Waals surface area contributed by atoms with E-state index in [1.807, 2.05) is 55.6 Å². The van der Waals surface area contributed by atoms with Crippen molar-refractivity contribution in [3.05, 3.63) is 64.7 Å². The maximum Gasteiger partial charge on any atom is 0.255 e. The van der Waals surface area contributed by atoms with Crippen LogP contribution in [-0.2, 0) is 0 Å². The Balaban J connectivity index is 1.87. The largest absolute Gasteiger partial charge is 0.495 e. The normalized spacial score (nSPS) is 10.5. The molecular formula is C19H18N2O2S. The highest BCUT2D eigenvalue weighted by Gasteiger charge is 2.12. The summed E-state index contributed by atoms with van der Waals surface area (Å²) in [4.78, 5) is 17.1. The van der Waals surface area contributed by atoms with Gasteiger partial charge >= 0.3 is 0 Å². The molecule has 3 rings (SSSR count). The van der Waals surface area contributed by atoms with Crippen molar-refractivity contribution in [3.8, 4) is 16.3 Å². The fourth-order valence-electron chi connectivity index (χ4n) is 2.39. The first kappa shape index (κ1) is 16.2. The molecule has 0 spiro atoms. The molecule has 1 aromatic heterocycles. The molecule has 0 atom stereocenters. The van der Waals surface area contributed by atoms with E-state index in [9.17, 15) is 4.79 Å². The van der Waals surface area contributed by atoms with Crippen molar-refractivity contribution in [3.63, 3.8) is 0 Å². The van der Waals surface area contributed by atoms with Gasteiger partial charge in [0, 0.05) is 22.2 Å². The number of thiazole rings is 1. The highest BCUT2D eigenvalue weighted by atomic mass is 32.1. The second kappa shape index (κ2) is 6.84. The van der Waals surface area contributed by atoms with Gasteiger partial charge in [0.05, 0.1) is 12.8 Å². The van der Waals surface area contributed by atoms with Crippen LogP contribution >= 0.6 is 11.3 Å². The number of hydrogen-bond donors (Lipinski definition) is 1. The fourth-order valence-corrected chi connectivity index (χ4v) is 3.19. The second-order valence-corrected chi connectivity index (χ2v) is 6.39. The van der Waals surface area contributed by atoms with Crippen molar-refractivity contribution in [2.75, 3.05) is 12.4 Å². The molecule has 24 heavy (non-hydrogen) atoms. The van der Waals surface area contributed by atoms with Gasteiger partial charge in [0.25, 0.3) is 5.91 Å². The molecule has 0 aliphatic rings. The molecule has 0 saturated heterocycles. The Hall–Kier alpha value is -2.66. The first-order valence-electron chi connectivity index (χ1n) is 7.55. The molecule has 0 aliphatic carbocycles. The quantitative estimate of drug-likeness (QED) is 0.751. The maximum absolute atomic E-state index is 12.6. The number of aryl methyl sites for hydroxylation is 2. The van der Waals surface area contributed by atoms with Crippen LogP contribution < -0.4 is 10.1 Å². The summed E-state index contributed by atoms with van der Waals surface area (Å²) in [6.07, 6.45) is 0. The SMILES string of the molecule is COc1ccc(C)cc1NC(=O)c1cccc(-c2nc(C)cs2)c1. The van der Waals surface area contributed by atoms with Crippen molar-refractivity contribution in [1.82, 2.24) is 4.98 Å². The number of methoxy groups -OCH3 is 1. The zero-order valence-corrected chi connectivity index (χ0v) is 14.6. The van der Waals surface area contributed by atoms with Gasteiger partial charge in [-0.3, -0.25) is 4.79 Å². The summed E-state index contributed by atoms with van der Waals surface area (Å²) in [5.74, 6) is 0.467. The summed E-state index contributed by atoms with van der Waals surface area (Å²) in [7, 11) is 1.59. The lowest BCUT2D eigenvalue weighted by Crippen LogP contribution is -2.12. The molecule has 1 amide bonds. The molecule has 0 saturated carbocycles. The summed E-state index contributed by atoms with van der Waals surface area (Å²) >= 11 is 1.57. The highest BCUT2D eigenvalue weighted by Crippen LogP contribution is 2.27. The monoisotopic (exact) mass is 338 g/mol. The third kappa shape index (κ3) is 3.46. The summed E-state index contributed by atoms with van der Waals surface area (Å²) in [5, 5.41) is 5.83. The summed E-state index contributed by atoms with van der Waals surface area (Å²) in [5.41, 5.74) is 4.23. The Kier molecular flexibility index (Phi) is 4.62. The molecule has 0 aliphatic heterocycles. The number of nitrogens with zero attached hydrogens (tertiary/aromatic N) is 1. The number of amides is 1. The number of ether oxygens (including phenoxy) is 1. The molecule has 0 bridgehead atoms. The van der Waals surface area contributed by atoms with Crippen LogP contribution in [0.3, 0.4) is 0 Å². The number of anilines is 1. The number of rotatable bonds is 4. The van der Waals surface area contributed by atoms with Gasteiger partial charge in [0.2, 0.25) is 0 Å². The van der Waals surface area contributed by atoms with E-state index in [-0.39, 0.29) is 5.91 Å². The Morgan fingerprint density at radius 1 is 1.17 bits per heavy atom. The number of carbonyl (C=O) groups excluding carboxylic acids is 1. The topological polar surface area (TPSA) is 51.2 Å². The average molecular weight is 338 g/mol. The molecule has 0 unspecified atom stereocenters. The zero-order valence-electron chi connectivity index (χ0n) is 13.8. The summed E-state index contributed by atoms with van der Waals surface area (Å²) in [6.45, 7) is 3.93. The minimum absolute atomic E-state index is 0.172. The molecule has 0 radical (unpaired) electrons. The number of carbonyl (C=O) groups is 1. The van der Waals surface area contributed by atoms with E-state index < -0.39 is 0 Å². The predicted molar refractivity (Wildman–Crippen MR) is 98.0 cm³/mol. The Bertz CT molecular complexity index is 887. The molecular weight excluding hydrogens is 320 g/mol. The van der Waals surface area contributed by atoms with E-state index in [4.69, 9.17) is 4.74 Å². The van der Waals surface area contributed by atoms with Crippen molar-refractivity contribution in [2.45, 2.75) is 13.8 Å². The first-order chi connectivity index (χ1) is 11.6. The van der Waals surface area contributed by atoms with Gasteiger partial charge < -0.3 is 10.1 Å². The number of nitrogens with one attached hydrogen (secondary N) is 1. The lowest BCUT2D eigenvalue weighted by molar-refractivity contribution is 0.102. The number of benzene rings is 2. The summed E-state index contributed by atoms with van der Waals surface area (Å²) < 4.78 is 5.31. The van der Waals surface area contributed by atoms with Gasteiger partial charge in [0.1, 0.15) is 10.8 Å². The molecule has 122 valence electrons. The van der Waals surface area contributed by atoms with Crippen LogP contribution in [0.1, 0.15) is 21.6 Å². The Morgan fingerprint density at radius 3 is 2.71 bits per heavy atom. The predicted octanol–water partition coefficient (Wildman–Crippen LogP) is 4.69. The van der Waals surface area contributed by atoms with Gasteiger partial charge in [0.15, 0.2) is 0 Å². The Labute approximate surface area is 145 Å². The molecule has 4 nitrogen and oxygen atoms in total. The molecule has 5 heteroatoms. The minimum atomic E-state index is -0.172. The molecule has 2 aromatic carbocycles. The number of aromatic nitrogens is 1. The molecule has 1 heterocycles. The van der Waals surface area contributed by atoms with Crippen LogP contribution in [0.25, 0.3) is 10.6 Å². The smallest absolute Gasteiger partial charge is 0.255 e. The van der Waals surface area contributed by atoms with E-state index >= 15 is 0 Å². The van der Waals surface area contributed by atoms with Gasteiger partial charge in [-0.2, -0.15) is 0 Å². The van der Waals surface area contributed by atoms with E-state index in [1.165, 1.54) is 0 Å². The van der Waals surface area contributed by atoms with Crippen molar-refractivity contribution >= 4 is 22.9 Å². The van der Waals surface area contributed by atoms with Crippen LogP contribution in [-0.4, -0.2) is 18.0 Å². The standard InChI is InChI=1S/C19H18N2O2S/c1-12-7-8-17(23-3)16(9-12)21-18(22)14-5-4-6-15(10-14)19-20-13(2)11-24-19/h4-11H,1-3H3,(H,21,22). The summed E-state index contributed by atoms with van der Waals surface area (Å²) in [6, 6.07) is 13.2. The van der Waals surface area contributed by atoms with Crippen LogP contribution in [0.4, 0.5) is 5.69 Å². The third-order valence-corrected chi connectivity index (χ3v) is 4.60. The Morgan fingerprint density at radius 2 is 2.00 bits per heavy atom. The lowest BCUT2D eigenvalue weighted by Gasteiger charge is -2.11. The van der Waals surface area contributed by atoms with Crippen LogP contribution in [0.15, 0.2) is 47.8 Å². The second-order valence-electron chi connectivity index (χ2n) is 5.53. The van der Waals surface area contributed by atoms with E-state index in [0.717, 1.165) is 21.8 Å². The van der Waals surface area contributed by atoms with E-state index in [0.29, 0.717) is 17.0 Å². The van der Waals surface area contributed by atoms with E-state index in [1.54, 1.807) is 24.5 Å². The van der Waals surface area contributed by atoms with Crippen molar-refractivity contribution < 1.29 is 9.53 Å². The first-order valence-corrected chi connectivity index (χ1v) is 8.43. The van der Waals surface area contributed by atoms with Crippen LogP contribution in [0.5, 0.6) is 5.75 Å². The van der Waals surface area contributed by atoms with Gasteiger partial charge in [-0.05, 0) is 43.7 Å². The third-order valence-electron chi connectivity index (χ3n) is 3.59. The van der Waals surface area contributed by atoms with Crippen LogP contribution in [0.2, 0.25) is 0 Å².